The molecule has 5 rings (SSSR count). The standard InChI is InChI=1S/C10H15.C10H19/c1-7-2-9-4-8(1)5-10(3-7)6-9;1-2-4-6-8-10-9-7-5-3-1/h7-9H,1-6H2;1H,2-10H2. The van der Waals surface area contributed by atoms with Gasteiger partial charge in [0, 0.05) is 0 Å². The second kappa shape index (κ2) is 7.85. The zero-order chi connectivity index (χ0) is 13.6. The molecule has 0 aromatic carbocycles. The molecule has 0 saturated heterocycles. The van der Waals surface area contributed by atoms with Gasteiger partial charge in [0.15, 0.2) is 0 Å². The summed E-state index contributed by atoms with van der Waals surface area (Å²) in [7, 11) is 0. The fourth-order valence-electron chi connectivity index (χ4n) is 5.28. The van der Waals surface area contributed by atoms with Gasteiger partial charge in [0.25, 0.3) is 0 Å². The minimum absolute atomic E-state index is 1.14. The van der Waals surface area contributed by atoms with Crippen LogP contribution in [0.4, 0.5) is 0 Å². The van der Waals surface area contributed by atoms with Crippen LogP contribution in [0.3, 0.4) is 0 Å². The molecule has 0 unspecified atom stereocenters. The van der Waals surface area contributed by atoms with Crippen molar-refractivity contribution < 1.29 is 0 Å². The van der Waals surface area contributed by atoms with E-state index in [4.69, 9.17) is 0 Å². The van der Waals surface area contributed by atoms with Crippen molar-refractivity contribution in [2.24, 2.45) is 17.8 Å². The normalized spacial score (nSPS) is 38.1. The van der Waals surface area contributed by atoms with Gasteiger partial charge in [-0.1, -0.05) is 57.8 Å². The van der Waals surface area contributed by atoms with Crippen LogP contribution in [-0.2, 0) is 0 Å². The van der Waals surface area contributed by atoms with Crippen LogP contribution in [0.5, 0.6) is 0 Å². The second-order valence-corrected chi connectivity index (χ2v) is 8.01. The fraction of sp³-hybridized carbons (Fsp3) is 0.900. The molecule has 0 heterocycles. The van der Waals surface area contributed by atoms with Crippen LogP contribution in [-0.4, -0.2) is 0 Å². The summed E-state index contributed by atoms with van der Waals surface area (Å²) in [5, 5.41) is 0. The van der Waals surface area contributed by atoms with Gasteiger partial charge in [0.2, 0.25) is 0 Å². The first-order chi connectivity index (χ1) is 9.90. The van der Waals surface area contributed by atoms with Crippen LogP contribution < -0.4 is 0 Å². The average molecular weight is 274 g/mol. The van der Waals surface area contributed by atoms with E-state index in [2.05, 4.69) is 6.42 Å². The van der Waals surface area contributed by atoms with Crippen LogP contribution in [0.25, 0.3) is 0 Å². The Labute approximate surface area is 127 Å². The van der Waals surface area contributed by atoms with E-state index in [0.29, 0.717) is 0 Å². The summed E-state index contributed by atoms with van der Waals surface area (Å²) in [6, 6.07) is 0. The highest BCUT2D eigenvalue weighted by molar-refractivity contribution is 5.08. The van der Waals surface area contributed by atoms with E-state index >= 15 is 0 Å². The molecule has 0 aliphatic heterocycles. The maximum Gasteiger partial charge on any atom is -0.0233 e. The predicted octanol–water partition coefficient (Wildman–Crippen LogP) is 6.51. The van der Waals surface area contributed by atoms with Crippen molar-refractivity contribution in [1.82, 2.24) is 0 Å². The predicted molar refractivity (Wildman–Crippen MR) is 87.3 cm³/mol. The Bertz CT molecular complexity index is 177. The summed E-state index contributed by atoms with van der Waals surface area (Å²) in [5.41, 5.74) is 0. The van der Waals surface area contributed by atoms with Gasteiger partial charge in [-0.2, -0.15) is 0 Å². The Hall–Kier alpha value is 0. The molecule has 0 atom stereocenters. The third-order valence-electron chi connectivity index (χ3n) is 6.05. The lowest BCUT2D eigenvalue weighted by atomic mass is 9.56. The number of rotatable bonds is 0. The molecule has 0 aromatic rings. The third-order valence-corrected chi connectivity index (χ3v) is 6.05. The van der Waals surface area contributed by atoms with Crippen molar-refractivity contribution in [3.63, 3.8) is 0 Å². The first-order valence-corrected chi connectivity index (χ1v) is 9.55. The van der Waals surface area contributed by atoms with Crippen molar-refractivity contribution in [2.45, 2.75) is 96.3 Å². The van der Waals surface area contributed by atoms with E-state index < -0.39 is 0 Å². The fourth-order valence-corrected chi connectivity index (χ4v) is 5.28. The van der Waals surface area contributed by atoms with Gasteiger partial charge in [0.1, 0.15) is 0 Å². The van der Waals surface area contributed by atoms with E-state index in [0.717, 1.165) is 17.8 Å². The third kappa shape index (κ3) is 4.50. The Morgan fingerprint density at radius 2 is 0.950 bits per heavy atom. The smallest absolute Gasteiger partial charge is 0.0233 e. The summed E-state index contributed by atoms with van der Waals surface area (Å²) in [6.45, 7) is 0. The summed E-state index contributed by atoms with van der Waals surface area (Å²) >= 11 is 0. The van der Waals surface area contributed by atoms with Crippen molar-refractivity contribution in [3.05, 3.63) is 12.3 Å². The highest BCUT2D eigenvalue weighted by Crippen LogP contribution is 2.54. The zero-order valence-corrected chi connectivity index (χ0v) is 13.4. The lowest BCUT2D eigenvalue weighted by Gasteiger charge is -2.49. The summed E-state index contributed by atoms with van der Waals surface area (Å²) < 4.78 is 0. The van der Waals surface area contributed by atoms with E-state index in [9.17, 15) is 0 Å². The van der Waals surface area contributed by atoms with Gasteiger partial charge in [-0.05, 0) is 68.6 Å². The Kier molecular flexibility index (Phi) is 5.86. The zero-order valence-electron chi connectivity index (χ0n) is 13.4. The van der Waals surface area contributed by atoms with Crippen molar-refractivity contribution in [1.29, 1.82) is 0 Å². The molecule has 5 saturated carbocycles. The summed E-state index contributed by atoms with van der Waals surface area (Å²) in [4.78, 5) is 0. The molecule has 5 fully saturated rings. The molecule has 114 valence electrons. The number of hydrogen-bond acceptors (Lipinski definition) is 0. The molecule has 0 nitrogen and oxygen atoms in total. The molecule has 5 aliphatic rings. The van der Waals surface area contributed by atoms with Gasteiger partial charge < -0.3 is 0 Å². The van der Waals surface area contributed by atoms with Gasteiger partial charge >= 0.3 is 0 Å². The molecule has 0 heteroatoms. The quantitative estimate of drug-likeness (QED) is 0.472. The van der Waals surface area contributed by atoms with E-state index in [1.807, 2.05) is 5.92 Å². The second-order valence-electron chi connectivity index (χ2n) is 8.01. The van der Waals surface area contributed by atoms with E-state index in [1.165, 1.54) is 77.0 Å². The van der Waals surface area contributed by atoms with Crippen molar-refractivity contribution >= 4 is 0 Å². The van der Waals surface area contributed by atoms with Crippen molar-refractivity contribution in [3.8, 4) is 0 Å². The molecule has 4 bridgehead atoms. The van der Waals surface area contributed by atoms with Crippen LogP contribution in [0, 0.1) is 30.1 Å². The maximum atomic E-state index is 2.48. The molecule has 20 heavy (non-hydrogen) atoms. The van der Waals surface area contributed by atoms with Crippen molar-refractivity contribution in [2.75, 3.05) is 0 Å². The van der Waals surface area contributed by atoms with Gasteiger partial charge in [0.05, 0.1) is 0 Å². The summed E-state index contributed by atoms with van der Waals surface area (Å²) in [6.07, 6.45) is 24.8. The van der Waals surface area contributed by atoms with Gasteiger partial charge in [-0.25, -0.2) is 0 Å². The highest BCUT2D eigenvalue weighted by atomic mass is 14.5. The van der Waals surface area contributed by atoms with Gasteiger partial charge in [-0.3, -0.25) is 0 Å². The monoisotopic (exact) mass is 274 g/mol. The van der Waals surface area contributed by atoms with Gasteiger partial charge in [-0.15, -0.1) is 0 Å². The largest absolute Gasteiger partial charge is 0.0533 e. The van der Waals surface area contributed by atoms with E-state index in [1.54, 1.807) is 19.3 Å². The molecular formula is C20H34. The first-order valence-electron chi connectivity index (χ1n) is 9.55. The molecule has 0 aromatic heterocycles. The highest BCUT2D eigenvalue weighted by Gasteiger charge is 2.42. The number of hydrogen-bond donors (Lipinski definition) is 0. The van der Waals surface area contributed by atoms with E-state index in [-0.39, 0.29) is 0 Å². The van der Waals surface area contributed by atoms with Crippen LogP contribution in [0.15, 0.2) is 0 Å². The van der Waals surface area contributed by atoms with Crippen LogP contribution in [0.2, 0.25) is 0 Å². The Balaban J connectivity index is 0.000000121. The SMILES string of the molecule is C1[C]2CC3CC1CC(C2)C3.[CH]1CCCCCCCCC1. The molecule has 2 radical (unpaired) electrons. The Morgan fingerprint density at radius 3 is 1.35 bits per heavy atom. The molecule has 5 aliphatic carbocycles. The average Bonchev–Trinajstić information content (AvgIpc) is 2.44. The Morgan fingerprint density at radius 1 is 0.550 bits per heavy atom. The lowest BCUT2D eigenvalue weighted by molar-refractivity contribution is 0.0920. The van der Waals surface area contributed by atoms with Crippen LogP contribution in [0.1, 0.15) is 96.3 Å². The minimum Gasteiger partial charge on any atom is -0.0533 e. The topological polar surface area (TPSA) is 0 Å². The maximum absolute atomic E-state index is 2.48. The minimum atomic E-state index is 1.14. The van der Waals surface area contributed by atoms with Crippen LogP contribution >= 0.6 is 0 Å². The molecule has 0 spiro atoms. The molecular weight excluding hydrogens is 240 g/mol. The summed E-state index contributed by atoms with van der Waals surface area (Å²) in [5.74, 6) is 5.35. The molecule has 0 N–H and O–H groups in total. The lowest BCUT2D eigenvalue weighted by Crippen LogP contribution is -2.37. The first kappa shape index (κ1) is 14.9. The molecule has 0 amide bonds.